The minimum Gasteiger partial charge on any atom is -0.496 e. The van der Waals surface area contributed by atoms with Crippen LogP contribution in [0, 0.1) is 18.3 Å². The summed E-state index contributed by atoms with van der Waals surface area (Å²) in [4.78, 5) is 15.7. The zero-order valence-corrected chi connectivity index (χ0v) is 31.6. The van der Waals surface area contributed by atoms with E-state index in [-0.39, 0.29) is 19.8 Å². The normalized spacial score (nSPS) is 11.7. The molecule has 0 radical (unpaired) electrons. The highest BCUT2D eigenvalue weighted by Gasteiger charge is 2.19. The molecule has 5 N–H and O–H groups in total. The van der Waals surface area contributed by atoms with Gasteiger partial charge >= 0.3 is 5.97 Å². The molecule has 2 heterocycles. The van der Waals surface area contributed by atoms with Gasteiger partial charge in [0.1, 0.15) is 42.6 Å². The number of hydrogen-bond donors (Lipinski definition) is 4. The fraction of sp³-hybridized carbons (Fsp3) is 0.220. The highest BCUT2D eigenvalue weighted by atomic mass is 35.5. The van der Waals surface area contributed by atoms with Crippen LogP contribution >= 0.6 is 23.2 Å². The van der Waals surface area contributed by atoms with Crippen LogP contribution < -0.4 is 25.3 Å². The summed E-state index contributed by atoms with van der Waals surface area (Å²) in [5, 5.41) is 37.7. The molecule has 6 rings (SSSR count). The number of benzene rings is 4. The molecule has 282 valence electrons. The van der Waals surface area contributed by atoms with Crippen LogP contribution in [0.5, 0.6) is 17.2 Å². The molecule has 1 unspecified atom stereocenters. The van der Waals surface area contributed by atoms with Crippen LogP contribution in [0.15, 0.2) is 85.3 Å². The van der Waals surface area contributed by atoms with E-state index < -0.39 is 18.6 Å². The van der Waals surface area contributed by atoms with Crippen molar-refractivity contribution in [2.24, 2.45) is 5.73 Å². The third-order valence-corrected chi connectivity index (χ3v) is 9.90. The molecular weight excluding hydrogens is 743 g/mol. The maximum absolute atomic E-state index is 11.6. The number of carboxylic acid groups (broad SMARTS) is 1. The van der Waals surface area contributed by atoms with Crippen LogP contribution in [0.2, 0.25) is 10.0 Å². The molecule has 6 aromatic rings. The molecule has 0 saturated carbocycles. The van der Waals surface area contributed by atoms with Crippen LogP contribution in [0.25, 0.3) is 22.0 Å². The van der Waals surface area contributed by atoms with Crippen molar-refractivity contribution in [3.8, 4) is 34.4 Å². The lowest BCUT2D eigenvalue weighted by Crippen LogP contribution is -2.39. The van der Waals surface area contributed by atoms with Gasteiger partial charge in [-0.05, 0) is 65.1 Å². The van der Waals surface area contributed by atoms with Crippen molar-refractivity contribution < 1.29 is 29.2 Å². The lowest BCUT2D eigenvalue weighted by molar-refractivity contribution is -0.140. The Morgan fingerprint density at radius 2 is 1.69 bits per heavy atom. The predicted molar refractivity (Wildman–Crippen MR) is 209 cm³/mol. The molecule has 2 aromatic heterocycles. The Balaban J connectivity index is 1.28. The molecule has 0 saturated heterocycles. The fourth-order valence-electron chi connectivity index (χ4n) is 6.23. The molecule has 0 amide bonds. The number of hydrogen-bond acceptors (Lipinski definition) is 10. The van der Waals surface area contributed by atoms with Gasteiger partial charge in [0.05, 0.1) is 42.6 Å². The van der Waals surface area contributed by atoms with Gasteiger partial charge in [0.25, 0.3) is 0 Å². The molecule has 0 aliphatic rings. The highest BCUT2D eigenvalue weighted by Crippen LogP contribution is 2.36. The quantitative estimate of drug-likeness (QED) is 0.0813. The first kappa shape index (κ1) is 39.0. The summed E-state index contributed by atoms with van der Waals surface area (Å²) in [6.07, 6.45) is 4.90. The number of carboxylic acids is 1. The van der Waals surface area contributed by atoms with Crippen LogP contribution in [-0.4, -0.2) is 50.7 Å². The molecule has 4 aromatic carbocycles. The average molecular weight is 782 g/mol. The number of pyridine rings is 1. The maximum Gasteiger partial charge on any atom is 0.323 e. The van der Waals surface area contributed by atoms with Gasteiger partial charge < -0.3 is 30.2 Å². The number of aliphatic hydroxyl groups excluding tert-OH is 1. The number of aromatic nitrogens is 3. The Morgan fingerprint density at radius 3 is 2.44 bits per heavy atom. The van der Waals surface area contributed by atoms with Crippen molar-refractivity contribution in [1.29, 1.82) is 5.26 Å². The molecule has 0 bridgehead atoms. The van der Waals surface area contributed by atoms with E-state index in [2.05, 4.69) is 35.4 Å². The minimum absolute atomic E-state index is 0.0582. The van der Waals surface area contributed by atoms with Crippen LogP contribution in [-0.2, 0) is 37.6 Å². The number of nitrogens with zero attached hydrogens (tertiary/aromatic N) is 4. The number of aliphatic carboxylic acids is 1. The van der Waals surface area contributed by atoms with Gasteiger partial charge in [-0.3, -0.25) is 19.8 Å². The van der Waals surface area contributed by atoms with Gasteiger partial charge in [0.2, 0.25) is 0 Å². The summed E-state index contributed by atoms with van der Waals surface area (Å²) in [5.41, 5.74) is 13.9. The second-order valence-corrected chi connectivity index (χ2v) is 13.5. The van der Waals surface area contributed by atoms with E-state index in [4.69, 9.17) is 48.2 Å². The van der Waals surface area contributed by atoms with Gasteiger partial charge in [0.15, 0.2) is 0 Å². The van der Waals surface area contributed by atoms with Gasteiger partial charge in [-0.15, -0.1) is 0 Å². The third kappa shape index (κ3) is 8.84. The zero-order chi connectivity index (χ0) is 39.1. The number of nitriles is 1. The number of methoxy groups -OCH3 is 1. The molecule has 12 nitrogen and oxygen atoms in total. The first-order chi connectivity index (χ1) is 26.6. The summed E-state index contributed by atoms with van der Waals surface area (Å²) in [5.74, 6) is 0.367. The predicted octanol–water partition coefficient (Wildman–Crippen LogP) is 6.79. The molecule has 55 heavy (non-hydrogen) atoms. The van der Waals surface area contributed by atoms with Crippen molar-refractivity contribution in [1.82, 2.24) is 20.1 Å². The molecule has 0 fully saturated rings. The average Bonchev–Trinajstić information content (AvgIpc) is 3.61. The Labute approximate surface area is 327 Å². The summed E-state index contributed by atoms with van der Waals surface area (Å²) in [6.45, 7) is 2.49. The van der Waals surface area contributed by atoms with Crippen molar-refractivity contribution in [2.75, 3.05) is 13.7 Å². The maximum atomic E-state index is 11.6. The number of carbonyl (C=O) groups is 1. The second-order valence-electron chi connectivity index (χ2n) is 12.7. The molecule has 0 spiro atoms. The Bertz CT molecular complexity index is 2390. The molecule has 1 atom stereocenters. The largest absolute Gasteiger partial charge is 0.496 e. The number of halogens is 2. The van der Waals surface area contributed by atoms with E-state index in [1.54, 1.807) is 43.6 Å². The number of rotatable bonds is 16. The van der Waals surface area contributed by atoms with E-state index >= 15 is 0 Å². The van der Waals surface area contributed by atoms with Crippen molar-refractivity contribution in [3.63, 3.8) is 0 Å². The lowest BCUT2D eigenvalue weighted by Gasteiger charge is -2.18. The Hall–Kier alpha value is -5.68. The summed E-state index contributed by atoms with van der Waals surface area (Å²) in [6, 6.07) is 21.7. The van der Waals surface area contributed by atoms with Gasteiger partial charge in [0, 0.05) is 58.6 Å². The van der Waals surface area contributed by atoms with Crippen LogP contribution in [0.1, 0.15) is 38.9 Å². The fourth-order valence-corrected chi connectivity index (χ4v) is 6.72. The van der Waals surface area contributed by atoms with E-state index in [9.17, 15) is 20.3 Å². The topological polar surface area (TPSA) is 178 Å². The standard InChI is InChI=1S/C41H38Cl2N6O6/c1-24-27(23-55-40-13-38(53-2)28(15-45)10-35(40)43)5-3-6-31(24)32-7-4-8-37-33(32)19-48-49(37)20-30-12-39(54-22-26-9-25(14-44)16-46-17-26)29(11-34(30)42)18-47-36(21-50)41(51)52/h3-13,16-17,19,36,47,50H,15,18,20-23,45H2,1-2H3,(H,51,52). The smallest absolute Gasteiger partial charge is 0.323 e. The molecule has 0 aliphatic carbocycles. The van der Waals surface area contributed by atoms with E-state index in [1.165, 1.54) is 6.20 Å². The van der Waals surface area contributed by atoms with Gasteiger partial charge in [-0.2, -0.15) is 10.4 Å². The number of fused-ring (bicyclic) bond motifs is 1. The van der Waals surface area contributed by atoms with Crippen molar-refractivity contribution >= 4 is 40.1 Å². The monoisotopic (exact) mass is 780 g/mol. The van der Waals surface area contributed by atoms with Gasteiger partial charge in [-0.25, -0.2) is 0 Å². The first-order valence-corrected chi connectivity index (χ1v) is 18.0. The van der Waals surface area contributed by atoms with E-state index in [0.717, 1.165) is 38.7 Å². The van der Waals surface area contributed by atoms with Crippen molar-refractivity contribution in [2.45, 2.75) is 45.8 Å². The highest BCUT2D eigenvalue weighted by molar-refractivity contribution is 6.32. The van der Waals surface area contributed by atoms with Crippen LogP contribution in [0.3, 0.4) is 0 Å². The summed E-state index contributed by atoms with van der Waals surface area (Å²) in [7, 11) is 1.58. The number of aliphatic hydroxyl groups is 1. The SMILES string of the molecule is COc1cc(OCc2cccc(-c3cccc4c3cnn4Cc3cc(OCc4cncc(C#N)c4)c(CNC(CO)C(=O)O)cc3Cl)c2C)c(Cl)cc1CN. The second kappa shape index (κ2) is 17.6. The zero-order valence-electron chi connectivity index (χ0n) is 30.1. The van der Waals surface area contributed by atoms with E-state index in [1.807, 2.05) is 35.1 Å². The number of ether oxygens (including phenoxy) is 3. The third-order valence-electron chi connectivity index (χ3n) is 9.25. The lowest BCUT2D eigenvalue weighted by atomic mass is 9.94. The first-order valence-electron chi connectivity index (χ1n) is 17.2. The Morgan fingerprint density at radius 1 is 0.927 bits per heavy atom. The molecular formula is C41H38Cl2N6O6. The van der Waals surface area contributed by atoms with Crippen molar-refractivity contribution in [3.05, 3.63) is 134 Å². The Kier molecular flexibility index (Phi) is 12.5. The summed E-state index contributed by atoms with van der Waals surface area (Å²) >= 11 is 13.4. The minimum atomic E-state index is -1.19. The van der Waals surface area contributed by atoms with E-state index in [0.29, 0.717) is 62.6 Å². The molecule has 0 aliphatic heterocycles. The molecule has 14 heteroatoms. The number of nitrogens with two attached hydrogens (primary N) is 1. The number of nitrogens with one attached hydrogen (secondary N) is 1. The summed E-state index contributed by atoms with van der Waals surface area (Å²) < 4.78 is 19.7. The van der Waals surface area contributed by atoms with Crippen LogP contribution in [0.4, 0.5) is 0 Å². The van der Waals surface area contributed by atoms with Gasteiger partial charge in [-0.1, -0.05) is 53.5 Å².